The molecule has 0 atom stereocenters. The zero-order valence-corrected chi connectivity index (χ0v) is 16.3. The van der Waals surface area contributed by atoms with Crippen molar-refractivity contribution < 1.29 is 9.59 Å². The molecule has 1 aromatic carbocycles. The maximum Gasteiger partial charge on any atom is 0.239 e. The quantitative estimate of drug-likeness (QED) is 0.854. The molecule has 1 aliphatic heterocycles. The average Bonchev–Trinajstić information content (AvgIpc) is 2.56. The molecule has 0 bridgehead atoms. The molecule has 1 saturated heterocycles. The molecule has 25 heavy (non-hydrogen) atoms. The van der Waals surface area contributed by atoms with E-state index in [2.05, 4.69) is 24.1 Å². The van der Waals surface area contributed by atoms with Crippen LogP contribution in [0.5, 0.6) is 0 Å². The van der Waals surface area contributed by atoms with Crippen LogP contribution in [0.3, 0.4) is 0 Å². The molecule has 0 radical (unpaired) electrons. The summed E-state index contributed by atoms with van der Waals surface area (Å²) in [6.07, 6.45) is 0. The van der Waals surface area contributed by atoms with Crippen molar-refractivity contribution in [1.29, 1.82) is 0 Å². The van der Waals surface area contributed by atoms with Gasteiger partial charge in [0.15, 0.2) is 0 Å². The summed E-state index contributed by atoms with van der Waals surface area (Å²) < 4.78 is 0. The third kappa shape index (κ3) is 4.21. The van der Waals surface area contributed by atoms with Gasteiger partial charge in [-0.15, -0.1) is 0 Å². The molecule has 0 aliphatic carbocycles. The van der Waals surface area contributed by atoms with Crippen molar-refractivity contribution in [2.75, 3.05) is 38.5 Å². The molecule has 1 aliphatic rings. The maximum atomic E-state index is 12.9. The van der Waals surface area contributed by atoms with E-state index in [1.54, 1.807) is 18.7 Å². The number of rotatable bonds is 4. The van der Waals surface area contributed by atoms with Gasteiger partial charge in [0.2, 0.25) is 11.8 Å². The molecular formula is C20H31N3O2. The van der Waals surface area contributed by atoms with E-state index in [1.807, 2.05) is 32.2 Å². The molecule has 0 aromatic heterocycles. The van der Waals surface area contributed by atoms with E-state index < -0.39 is 5.41 Å². The Kier molecular flexibility index (Phi) is 5.88. The lowest BCUT2D eigenvalue weighted by Crippen LogP contribution is -2.53. The van der Waals surface area contributed by atoms with Crippen LogP contribution in [0.25, 0.3) is 0 Å². The molecule has 0 saturated carbocycles. The number of aryl methyl sites for hydroxylation is 1. The summed E-state index contributed by atoms with van der Waals surface area (Å²) in [6.45, 7) is 12.7. The van der Waals surface area contributed by atoms with Gasteiger partial charge in [0.25, 0.3) is 0 Å². The number of anilines is 1. The third-order valence-corrected chi connectivity index (χ3v) is 5.06. The molecule has 0 unspecified atom stereocenters. The van der Waals surface area contributed by atoms with E-state index in [4.69, 9.17) is 0 Å². The van der Waals surface area contributed by atoms with Crippen molar-refractivity contribution in [3.8, 4) is 0 Å². The average molecular weight is 345 g/mol. The molecule has 5 nitrogen and oxygen atoms in total. The highest BCUT2D eigenvalue weighted by Gasteiger charge is 2.40. The van der Waals surface area contributed by atoms with Gasteiger partial charge in [-0.3, -0.25) is 9.59 Å². The summed E-state index contributed by atoms with van der Waals surface area (Å²) >= 11 is 0. The molecule has 5 heteroatoms. The van der Waals surface area contributed by atoms with Crippen molar-refractivity contribution in [1.82, 2.24) is 9.80 Å². The lowest BCUT2D eigenvalue weighted by atomic mass is 9.89. The van der Waals surface area contributed by atoms with E-state index in [-0.39, 0.29) is 11.8 Å². The lowest BCUT2D eigenvalue weighted by Gasteiger charge is -2.36. The topological polar surface area (TPSA) is 52.7 Å². The van der Waals surface area contributed by atoms with Crippen molar-refractivity contribution in [3.05, 3.63) is 29.3 Å². The normalized spacial score (nSPS) is 16.2. The number of benzene rings is 1. The fourth-order valence-corrected chi connectivity index (χ4v) is 3.11. The van der Waals surface area contributed by atoms with Crippen molar-refractivity contribution >= 4 is 17.5 Å². The molecule has 138 valence electrons. The Morgan fingerprint density at radius 2 is 1.72 bits per heavy atom. The Bertz CT molecular complexity index is 644. The summed E-state index contributed by atoms with van der Waals surface area (Å²) in [5, 5.41) is 3.03. The van der Waals surface area contributed by atoms with Gasteiger partial charge in [-0.05, 0) is 44.9 Å². The van der Waals surface area contributed by atoms with Crippen LogP contribution in [0.15, 0.2) is 18.2 Å². The van der Waals surface area contributed by atoms with Gasteiger partial charge >= 0.3 is 0 Å². The van der Waals surface area contributed by atoms with Gasteiger partial charge in [-0.25, -0.2) is 0 Å². The molecule has 2 amide bonds. The first-order chi connectivity index (χ1) is 11.6. The fraction of sp³-hybridized carbons (Fsp3) is 0.600. The highest BCUT2D eigenvalue weighted by Crippen LogP contribution is 2.30. The predicted molar refractivity (Wildman–Crippen MR) is 102 cm³/mol. The van der Waals surface area contributed by atoms with Crippen LogP contribution in [-0.4, -0.2) is 54.8 Å². The summed E-state index contributed by atoms with van der Waals surface area (Å²) in [5.41, 5.74) is 1.85. The van der Waals surface area contributed by atoms with Crippen LogP contribution in [-0.2, 0) is 9.59 Å². The van der Waals surface area contributed by atoms with Crippen LogP contribution < -0.4 is 5.32 Å². The Hall–Kier alpha value is -1.88. The SMILES string of the molecule is Cc1cccc(C(C)C)c1NC(=O)C(C)(C)C(=O)N1CCN(C)CC1. The number of carbonyl (C=O) groups excluding carboxylic acids is 2. The fourth-order valence-electron chi connectivity index (χ4n) is 3.11. The van der Waals surface area contributed by atoms with E-state index >= 15 is 0 Å². The van der Waals surface area contributed by atoms with Crippen LogP contribution in [0, 0.1) is 12.3 Å². The molecular weight excluding hydrogens is 314 g/mol. The number of hydrogen-bond donors (Lipinski definition) is 1. The monoisotopic (exact) mass is 345 g/mol. The van der Waals surface area contributed by atoms with Gasteiger partial charge < -0.3 is 15.1 Å². The predicted octanol–water partition coefficient (Wildman–Crippen LogP) is 2.86. The smallest absolute Gasteiger partial charge is 0.239 e. The summed E-state index contributed by atoms with van der Waals surface area (Å²) in [5.74, 6) is -0.0444. The number of hydrogen-bond acceptors (Lipinski definition) is 3. The minimum absolute atomic E-state index is 0.0993. The van der Waals surface area contributed by atoms with Crippen LogP contribution >= 0.6 is 0 Å². The zero-order chi connectivity index (χ0) is 18.8. The first-order valence-electron chi connectivity index (χ1n) is 9.03. The van der Waals surface area contributed by atoms with Gasteiger partial charge in [0.1, 0.15) is 5.41 Å². The second kappa shape index (κ2) is 7.56. The van der Waals surface area contributed by atoms with Crippen LogP contribution in [0.4, 0.5) is 5.69 Å². The number of carbonyl (C=O) groups is 2. The third-order valence-electron chi connectivity index (χ3n) is 5.06. The van der Waals surface area contributed by atoms with Crippen molar-refractivity contribution in [2.24, 2.45) is 5.41 Å². The first kappa shape index (κ1) is 19.4. The molecule has 1 aromatic rings. The second-order valence-electron chi connectivity index (χ2n) is 7.87. The minimum atomic E-state index is -1.09. The van der Waals surface area contributed by atoms with Gasteiger partial charge in [0, 0.05) is 31.9 Å². The summed E-state index contributed by atoms with van der Waals surface area (Å²) in [6, 6.07) is 6.01. The van der Waals surface area contributed by atoms with E-state index in [0.29, 0.717) is 19.0 Å². The molecule has 1 N–H and O–H groups in total. The first-order valence-corrected chi connectivity index (χ1v) is 9.03. The number of nitrogens with zero attached hydrogens (tertiary/aromatic N) is 2. The highest BCUT2D eigenvalue weighted by molar-refractivity contribution is 6.10. The molecule has 1 fully saturated rings. The van der Waals surface area contributed by atoms with Gasteiger partial charge in [0.05, 0.1) is 0 Å². The minimum Gasteiger partial charge on any atom is -0.339 e. The van der Waals surface area contributed by atoms with Crippen LogP contribution in [0.2, 0.25) is 0 Å². The number of nitrogens with one attached hydrogen (secondary N) is 1. The molecule has 2 rings (SSSR count). The van der Waals surface area contributed by atoms with E-state index in [1.165, 1.54) is 0 Å². The Balaban J connectivity index is 2.18. The maximum absolute atomic E-state index is 12.9. The highest BCUT2D eigenvalue weighted by atomic mass is 16.2. The Morgan fingerprint density at radius 1 is 1.12 bits per heavy atom. The number of para-hydroxylation sites is 1. The largest absolute Gasteiger partial charge is 0.339 e. The van der Waals surface area contributed by atoms with Crippen molar-refractivity contribution in [3.63, 3.8) is 0 Å². The number of likely N-dealkylation sites (N-methyl/N-ethyl adjacent to an activating group) is 1. The van der Waals surface area contributed by atoms with Gasteiger partial charge in [-0.1, -0.05) is 32.0 Å². The Labute approximate surface area is 151 Å². The molecule has 0 spiro atoms. The summed E-state index contributed by atoms with van der Waals surface area (Å²) in [4.78, 5) is 29.8. The van der Waals surface area contributed by atoms with Gasteiger partial charge in [-0.2, -0.15) is 0 Å². The van der Waals surface area contributed by atoms with E-state index in [0.717, 1.165) is 29.9 Å². The Morgan fingerprint density at radius 3 is 2.28 bits per heavy atom. The second-order valence-corrected chi connectivity index (χ2v) is 7.87. The summed E-state index contributed by atoms with van der Waals surface area (Å²) in [7, 11) is 2.05. The number of amides is 2. The zero-order valence-electron chi connectivity index (χ0n) is 16.3. The lowest BCUT2D eigenvalue weighted by molar-refractivity contribution is -0.147. The standard InChI is InChI=1S/C20H31N3O2/c1-14(2)16-9-7-8-15(3)17(16)21-18(24)20(4,5)19(25)23-12-10-22(6)11-13-23/h7-9,14H,10-13H2,1-6H3,(H,21,24). The number of piperazine rings is 1. The van der Waals surface area contributed by atoms with Crippen molar-refractivity contribution in [2.45, 2.75) is 40.5 Å². The van der Waals surface area contributed by atoms with Crippen LogP contribution in [0.1, 0.15) is 44.7 Å². The van der Waals surface area contributed by atoms with E-state index in [9.17, 15) is 9.59 Å². The molecule has 1 heterocycles.